The van der Waals surface area contributed by atoms with Gasteiger partial charge in [-0.3, -0.25) is 4.90 Å². The fourth-order valence-corrected chi connectivity index (χ4v) is 6.58. The highest BCUT2D eigenvalue weighted by Gasteiger charge is 2.47. The van der Waals surface area contributed by atoms with Crippen molar-refractivity contribution in [1.82, 2.24) is 14.9 Å². The van der Waals surface area contributed by atoms with E-state index >= 15 is 4.39 Å². The fraction of sp³-hybridized carbons (Fsp3) is 0.583. The summed E-state index contributed by atoms with van der Waals surface area (Å²) in [7, 11) is 0. The van der Waals surface area contributed by atoms with Crippen LogP contribution in [-0.2, 0) is 4.74 Å². The van der Waals surface area contributed by atoms with Gasteiger partial charge in [-0.15, -0.1) is 0 Å². The molecule has 0 radical (unpaired) electrons. The average Bonchev–Trinajstić information content (AvgIpc) is 3.37. The summed E-state index contributed by atoms with van der Waals surface area (Å²) in [5, 5.41) is 0.825. The highest BCUT2D eigenvalue weighted by atomic mass is 79.9. The molecule has 4 saturated heterocycles. The largest absolute Gasteiger partial charge is 0.461 e. The standard InChI is InChI=1S/C24H26BrClF2N4O2/c25-18-17(26)9-16-20(19(18)28)29-22(30-21(16)31-6-2-4-24(13-31)5-8-34-24)33-14-23-3-1-7-32(23)12-15(10-23)11-27/h9,11H,1-8,10,12-14H2/b15-11-. The van der Waals surface area contributed by atoms with Gasteiger partial charge in [0.1, 0.15) is 17.9 Å². The summed E-state index contributed by atoms with van der Waals surface area (Å²) >= 11 is 9.55. The molecule has 5 heterocycles. The molecule has 2 unspecified atom stereocenters. The van der Waals surface area contributed by atoms with Crippen molar-refractivity contribution >= 4 is 44.3 Å². The molecule has 10 heteroatoms. The second-order valence-corrected chi connectivity index (χ2v) is 11.2. The molecule has 0 saturated carbocycles. The van der Waals surface area contributed by atoms with Crippen LogP contribution in [-0.4, -0.2) is 65.4 Å². The number of hydrogen-bond acceptors (Lipinski definition) is 6. The third-order valence-corrected chi connectivity index (χ3v) is 9.21. The van der Waals surface area contributed by atoms with E-state index < -0.39 is 5.82 Å². The van der Waals surface area contributed by atoms with Gasteiger partial charge in [-0.1, -0.05) is 11.6 Å². The van der Waals surface area contributed by atoms with Gasteiger partial charge in [-0.2, -0.15) is 9.97 Å². The van der Waals surface area contributed by atoms with Gasteiger partial charge in [0.2, 0.25) is 0 Å². The number of anilines is 1. The van der Waals surface area contributed by atoms with E-state index in [2.05, 4.69) is 30.7 Å². The normalized spacial score (nSPS) is 30.4. The summed E-state index contributed by atoms with van der Waals surface area (Å²) in [4.78, 5) is 13.6. The van der Waals surface area contributed by atoms with Crippen molar-refractivity contribution in [2.45, 2.75) is 49.7 Å². The number of aromatic nitrogens is 2. The number of benzene rings is 1. The number of nitrogens with zero attached hydrogens (tertiary/aromatic N) is 4. The lowest BCUT2D eigenvalue weighted by atomic mass is 9.86. The maximum Gasteiger partial charge on any atom is 0.319 e. The van der Waals surface area contributed by atoms with E-state index in [1.54, 1.807) is 6.07 Å². The van der Waals surface area contributed by atoms with Crippen molar-refractivity contribution < 1.29 is 18.3 Å². The maximum atomic E-state index is 15.3. The summed E-state index contributed by atoms with van der Waals surface area (Å²) in [6.45, 7) is 4.12. The molecule has 1 spiro atoms. The lowest BCUT2D eigenvalue weighted by Gasteiger charge is -2.48. The number of halogens is 4. The SMILES string of the molecule is F/C=C1\CN2CCCC2(COc2nc(N3CCCC4(CCO4)C3)c3cc(Cl)c(Br)c(F)c3n2)C1. The van der Waals surface area contributed by atoms with Crippen molar-refractivity contribution in [2.75, 3.05) is 44.3 Å². The van der Waals surface area contributed by atoms with E-state index in [-0.39, 0.29) is 32.2 Å². The molecule has 0 N–H and O–H groups in total. The minimum Gasteiger partial charge on any atom is -0.461 e. The molecule has 34 heavy (non-hydrogen) atoms. The molecule has 0 aliphatic carbocycles. The average molecular weight is 556 g/mol. The van der Waals surface area contributed by atoms with E-state index in [4.69, 9.17) is 26.1 Å². The van der Waals surface area contributed by atoms with Gasteiger partial charge in [0.15, 0.2) is 5.82 Å². The van der Waals surface area contributed by atoms with Crippen molar-refractivity contribution in [3.05, 3.63) is 33.3 Å². The highest BCUT2D eigenvalue weighted by Crippen LogP contribution is 2.43. The highest BCUT2D eigenvalue weighted by molar-refractivity contribution is 9.10. The van der Waals surface area contributed by atoms with E-state index in [1.165, 1.54) is 0 Å². The minimum atomic E-state index is -0.535. The molecule has 0 bridgehead atoms. The summed E-state index contributed by atoms with van der Waals surface area (Å²) in [6.07, 6.45) is 6.31. The summed E-state index contributed by atoms with van der Waals surface area (Å²) in [5.74, 6) is 0.0752. The zero-order valence-electron chi connectivity index (χ0n) is 18.8. The van der Waals surface area contributed by atoms with Gasteiger partial charge >= 0.3 is 6.01 Å². The molecule has 2 aromatic rings. The molecule has 6 nitrogen and oxygen atoms in total. The first-order valence-electron chi connectivity index (χ1n) is 11.8. The molecule has 2 atom stereocenters. The maximum absolute atomic E-state index is 15.3. The van der Waals surface area contributed by atoms with Crippen LogP contribution in [0.3, 0.4) is 0 Å². The quantitative estimate of drug-likeness (QED) is 0.470. The first kappa shape index (κ1) is 22.9. The topological polar surface area (TPSA) is 50.7 Å². The Bertz CT molecular complexity index is 1180. The molecular weight excluding hydrogens is 530 g/mol. The Hall–Kier alpha value is -1.55. The van der Waals surface area contributed by atoms with Crippen LogP contribution in [0.4, 0.5) is 14.6 Å². The predicted molar refractivity (Wildman–Crippen MR) is 130 cm³/mol. The number of piperidine rings is 1. The molecule has 6 rings (SSSR count). The Morgan fingerprint density at radius 2 is 2.06 bits per heavy atom. The van der Waals surface area contributed by atoms with Gasteiger partial charge in [-0.05, 0) is 66.2 Å². The Kier molecular flexibility index (Phi) is 5.75. The van der Waals surface area contributed by atoms with Crippen LogP contribution < -0.4 is 9.64 Å². The van der Waals surface area contributed by atoms with Crippen molar-refractivity contribution in [3.8, 4) is 6.01 Å². The zero-order chi connectivity index (χ0) is 23.5. The minimum absolute atomic E-state index is 0.128. The molecule has 4 aliphatic heterocycles. The van der Waals surface area contributed by atoms with E-state index in [0.29, 0.717) is 37.3 Å². The summed E-state index contributed by atoms with van der Waals surface area (Å²) < 4.78 is 40.8. The first-order valence-corrected chi connectivity index (χ1v) is 13.0. The van der Waals surface area contributed by atoms with Crippen molar-refractivity contribution in [2.24, 2.45) is 0 Å². The van der Waals surface area contributed by atoms with Crippen molar-refractivity contribution in [1.29, 1.82) is 0 Å². The first-order chi connectivity index (χ1) is 16.4. The number of fused-ring (bicyclic) bond motifs is 2. The molecule has 1 aromatic heterocycles. The van der Waals surface area contributed by atoms with Gasteiger partial charge in [0.25, 0.3) is 0 Å². The Labute approximate surface area is 210 Å². The van der Waals surface area contributed by atoms with Gasteiger partial charge in [0.05, 0.1) is 33.6 Å². The monoisotopic (exact) mass is 554 g/mol. The fourth-order valence-electron chi connectivity index (χ4n) is 6.09. The summed E-state index contributed by atoms with van der Waals surface area (Å²) in [6, 6.07) is 1.84. The molecule has 182 valence electrons. The predicted octanol–water partition coefficient (Wildman–Crippen LogP) is 5.41. The van der Waals surface area contributed by atoms with Gasteiger partial charge in [0, 0.05) is 31.4 Å². The van der Waals surface area contributed by atoms with Crippen LogP contribution >= 0.6 is 27.5 Å². The van der Waals surface area contributed by atoms with Crippen molar-refractivity contribution in [3.63, 3.8) is 0 Å². The van der Waals surface area contributed by atoms with Crippen LogP contribution in [0.2, 0.25) is 5.02 Å². The van der Waals surface area contributed by atoms with Crippen LogP contribution in [0.25, 0.3) is 10.9 Å². The van der Waals surface area contributed by atoms with E-state index in [1.807, 2.05) is 0 Å². The molecule has 0 amide bonds. The van der Waals surface area contributed by atoms with Gasteiger partial charge < -0.3 is 14.4 Å². The number of ether oxygens (including phenoxy) is 2. The second kappa shape index (κ2) is 8.54. The molecule has 1 aromatic carbocycles. The third-order valence-electron chi connectivity index (χ3n) is 7.91. The zero-order valence-corrected chi connectivity index (χ0v) is 21.1. The number of rotatable bonds is 4. The molecular formula is C24H26BrClF2N4O2. The molecule has 4 fully saturated rings. The Morgan fingerprint density at radius 1 is 1.24 bits per heavy atom. The number of hydrogen-bond donors (Lipinski definition) is 0. The van der Waals surface area contributed by atoms with Crippen LogP contribution in [0.5, 0.6) is 6.01 Å². The van der Waals surface area contributed by atoms with Gasteiger partial charge in [-0.25, -0.2) is 8.78 Å². The van der Waals surface area contributed by atoms with Crippen LogP contribution in [0, 0.1) is 5.82 Å². The smallest absolute Gasteiger partial charge is 0.319 e. The van der Waals surface area contributed by atoms with Crippen LogP contribution in [0.1, 0.15) is 38.5 Å². The van der Waals surface area contributed by atoms with E-state index in [0.717, 1.165) is 63.7 Å². The molecule has 4 aliphatic rings. The van der Waals surface area contributed by atoms with Crippen LogP contribution in [0.15, 0.2) is 22.4 Å². The lowest BCUT2D eigenvalue weighted by molar-refractivity contribution is -0.151. The Balaban J connectivity index is 1.37. The second-order valence-electron chi connectivity index (χ2n) is 10.0. The third kappa shape index (κ3) is 3.70. The Morgan fingerprint density at radius 3 is 2.82 bits per heavy atom. The van der Waals surface area contributed by atoms with E-state index in [9.17, 15) is 4.39 Å². The summed E-state index contributed by atoms with van der Waals surface area (Å²) in [5.41, 5.74) is 0.537. The lowest BCUT2D eigenvalue weighted by Crippen LogP contribution is -2.56.